The number of aryl methyl sites for hydroxylation is 1. The average molecular weight is 298 g/mol. The van der Waals surface area contributed by atoms with E-state index in [0.717, 1.165) is 21.5 Å². The van der Waals surface area contributed by atoms with Gasteiger partial charge in [0.25, 0.3) is 0 Å². The fourth-order valence-corrected chi connectivity index (χ4v) is 2.38. The maximum atomic E-state index is 10.9. The molecule has 0 saturated carbocycles. The molecule has 1 aromatic heterocycles. The molecule has 0 atom stereocenters. The minimum Gasteiger partial charge on any atom is -0.298 e. The first-order chi connectivity index (χ1) is 7.69. The number of carbonyl (C=O) groups is 1. The van der Waals surface area contributed by atoms with Gasteiger partial charge in [-0.2, -0.15) is 0 Å². The van der Waals surface area contributed by atoms with Crippen LogP contribution in [0.3, 0.4) is 0 Å². The molecular formula is C10H8BrN3OS. The van der Waals surface area contributed by atoms with Gasteiger partial charge in [-0.25, -0.2) is 4.98 Å². The predicted molar refractivity (Wildman–Crippen MR) is 64.8 cm³/mol. The summed E-state index contributed by atoms with van der Waals surface area (Å²) in [4.78, 5) is 15.9. The van der Waals surface area contributed by atoms with Crippen LogP contribution >= 0.6 is 27.7 Å². The van der Waals surface area contributed by atoms with Crippen LogP contribution in [0.15, 0.2) is 32.7 Å². The fourth-order valence-electron chi connectivity index (χ4n) is 1.17. The summed E-state index contributed by atoms with van der Waals surface area (Å²) in [7, 11) is 0. The minimum absolute atomic E-state index is 0.614. The number of H-pyrrole nitrogens is 1. The highest BCUT2D eigenvalue weighted by Crippen LogP contribution is 2.28. The summed E-state index contributed by atoms with van der Waals surface area (Å²) in [5.41, 5.74) is 0.627. The topological polar surface area (TPSA) is 58.6 Å². The summed E-state index contributed by atoms with van der Waals surface area (Å²) in [5.74, 6) is 0.757. The molecule has 0 aliphatic heterocycles. The van der Waals surface area contributed by atoms with Crippen LogP contribution in [0.5, 0.6) is 0 Å². The summed E-state index contributed by atoms with van der Waals surface area (Å²) in [6, 6.07) is 5.52. The number of nitrogens with one attached hydrogen (secondary N) is 1. The molecule has 0 amide bonds. The zero-order chi connectivity index (χ0) is 11.5. The summed E-state index contributed by atoms with van der Waals surface area (Å²) in [5, 5.41) is 7.38. The van der Waals surface area contributed by atoms with Gasteiger partial charge in [-0.1, -0.05) is 15.9 Å². The number of aldehydes is 1. The first-order valence-corrected chi connectivity index (χ1v) is 6.11. The molecule has 0 fully saturated rings. The van der Waals surface area contributed by atoms with E-state index in [0.29, 0.717) is 10.7 Å². The van der Waals surface area contributed by atoms with Crippen molar-refractivity contribution in [3.63, 3.8) is 0 Å². The van der Waals surface area contributed by atoms with Gasteiger partial charge < -0.3 is 0 Å². The van der Waals surface area contributed by atoms with Crippen molar-refractivity contribution in [2.45, 2.75) is 17.0 Å². The number of nitrogens with zero attached hydrogens (tertiary/aromatic N) is 2. The maximum Gasteiger partial charge on any atom is 0.213 e. The molecule has 0 aliphatic carbocycles. The Hall–Kier alpha value is -1.14. The molecule has 1 heterocycles. The first-order valence-electron chi connectivity index (χ1n) is 4.50. The van der Waals surface area contributed by atoms with E-state index >= 15 is 0 Å². The van der Waals surface area contributed by atoms with Crippen molar-refractivity contribution in [3.8, 4) is 0 Å². The third-order valence-corrected chi connectivity index (χ3v) is 3.33. The van der Waals surface area contributed by atoms with Crippen LogP contribution in [-0.4, -0.2) is 21.5 Å². The number of carbonyl (C=O) groups excluding carboxylic acids is 1. The Morgan fingerprint density at radius 3 is 2.94 bits per heavy atom. The lowest BCUT2D eigenvalue weighted by molar-refractivity contribution is 0.112. The molecule has 0 unspecified atom stereocenters. The largest absolute Gasteiger partial charge is 0.298 e. The standard InChI is InChI=1S/C10H8BrN3OS/c1-6-12-10(14-13-6)16-9-3-2-8(11)4-7(9)5-15/h2-5H,1H3,(H,12,13,14). The number of rotatable bonds is 3. The van der Waals surface area contributed by atoms with Gasteiger partial charge in [0.15, 0.2) is 6.29 Å². The van der Waals surface area contributed by atoms with Crippen LogP contribution in [0.25, 0.3) is 0 Å². The molecule has 0 saturated heterocycles. The van der Waals surface area contributed by atoms with Crippen LogP contribution in [0, 0.1) is 6.92 Å². The smallest absolute Gasteiger partial charge is 0.213 e. The van der Waals surface area contributed by atoms with Gasteiger partial charge >= 0.3 is 0 Å². The molecule has 1 N–H and O–H groups in total. The van der Waals surface area contributed by atoms with E-state index < -0.39 is 0 Å². The van der Waals surface area contributed by atoms with Crippen molar-refractivity contribution in [1.29, 1.82) is 0 Å². The second kappa shape index (κ2) is 4.80. The van der Waals surface area contributed by atoms with E-state index in [4.69, 9.17) is 0 Å². The second-order valence-corrected chi connectivity index (χ2v) is 5.03. The molecule has 4 nitrogen and oxygen atoms in total. The lowest BCUT2D eigenvalue weighted by atomic mass is 10.2. The van der Waals surface area contributed by atoms with Gasteiger partial charge in [-0.15, -0.1) is 5.10 Å². The van der Waals surface area contributed by atoms with Gasteiger partial charge in [0.05, 0.1) is 0 Å². The van der Waals surface area contributed by atoms with Gasteiger partial charge in [-0.3, -0.25) is 9.89 Å². The number of hydrogen-bond donors (Lipinski definition) is 1. The normalized spacial score (nSPS) is 10.4. The van der Waals surface area contributed by atoms with Gasteiger partial charge in [0.2, 0.25) is 5.16 Å². The molecule has 2 rings (SSSR count). The van der Waals surface area contributed by atoms with Crippen molar-refractivity contribution in [3.05, 3.63) is 34.1 Å². The van der Waals surface area contributed by atoms with Crippen LogP contribution in [0.1, 0.15) is 16.2 Å². The van der Waals surface area contributed by atoms with Crippen LogP contribution < -0.4 is 0 Å². The Labute approximate surface area is 105 Å². The Morgan fingerprint density at radius 1 is 1.50 bits per heavy atom. The lowest BCUT2D eigenvalue weighted by Crippen LogP contribution is -1.86. The summed E-state index contributed by atoms with van der Waals surface area (Å²) in [6.07, 6.45) is 0.826. The lowest BCUT2D eigenvalue weighted by Gasteiger charge is -2.01. The number of aromatic nitrogens is 3. The number of aromatic amines is 1. The number of hydrogen-bond acceptors (Lipinski definition) is 4. The molecule has 82 valence electrons. The predicted octanol–water partition coefficient (Wildman–Crippen LogP) is 2.84. The fraction of sp³-hybridized carbons (Fsp3) is 0.100. The molecule has 0 bridgehead atoms. The van der Waals surface area contributed by atoms with E-state index in [1.807, 2.05) is 19.1 Å². The van der Waals surface area contributed by atoms with Gasteiger partial charge in [0, 0.05) is 14.9 Å². The summed E-state index contributed by atoms with van der Waals surface area (Å²) >= 11 is 4.68. The zero-order valence-electron chi connectivity index (χ0n) is 8.40. The van der Waals surface area contributed by atoms with E-state index in [1.165, 1.54) is 11.8 Å². The second-order valence-electron chi connectivity index (χ2n) is 3.11. The minimum atomic E-state index is 0.614. The molecule has 16 heavy (non-hydrogen) atoms. The third kappa shape index (κ3) is 2.51. The molecule has 6 heteroatoms. The Morgan fingerprint density at radius 2 is 2.31 bits per heavy atom. The maximum absolute atomic E-state index is 10.9. The van der Waals surface area contributed by atoms with E-state index in [9.17, 15) is 4.79 Å². The van der Waals surface area contributed by atoms with Crippen molar-refractivity contribution >= 4 is 34.0 Å². The average Bonchev–Trinajstić information content (AvgIpc) is 2.67. The third-order valence-electron chi connectivity index (χ3n) is 1.88. The Bertz CT molecular complexity index is 527. The highest BCUT2D eigenvalue weighted by molar-refractivity contribution is 9.10. The molecule has 2 aromatic rings. The van der Waals surface area contributed by atoms with E-state index in [-0.39, 0.29) is 0 Å². The zero-order valence-corrected chi connectivity index (χ0v) is 10.8. The molecule has 0 radical (unpaired) electrons. The molecule has 0 aliphatic rings. The summed E-state index contributed by atoms with van der Waals surface area (Å²) in [6.45, 7) is 1.83. The Balaban J connectivity index is 2.30. The quantitative estimate of drug-likeness (QED) is 0.885. The molecular weight excluding hydrogens is 290 g/mol. The van der Waals surface area contributed by atoms with E-state index in [2.05, 4.69) is 31.1 Å². The first kappa shape index (κ1) is 11.3. The van der Waals surface area contributed by atoms with Gasteiger partial charge in [0.1, 0.15) is 5.82 Å². The molecule has 0 spiro atoms. The van der Waals surface area contributed by atoms with Crippen molar-refractivity contribution in [2.24, 2.45) is 0 Å². The highest BCUT2D eigenvalue weighted by atomic mass is 79.9. The van der Waals surface area contributed by atoms with Crippen LogP contribution in [0.4, 0.5) is 0 Å². The Kier molecular flexibility index (Phi) is 3.40. The van der Waals surface area contributed by atoms with Crippen molar-refractivity contribution in [1.82, 2.24) is 15.2 Å². The monoisotopic (exact) mass is 297 g/mol. The number of halogens is 1. The van der Waals surface area contributed by atoms with Gasteiger partial charge in [-0.05, 0) is 36.9 Å². The van der Waals surface area contributed by atoms with Crippen molar-refractivity contribution in [2.75, 3.05) is 0 Å². The van der Waals surface area contributed by atoms with Crippen LogP contribution in [0.2, 0.25) is 0 Å². The van der Waals surface area contributed by atoms with Crippen LogP contribution in [-0.2, 0) is 0 Å². The highest BCUT2D eigenvalue weighted by Gasteiger charge is 2.07. The summed E-state index contributed by atoms with van der Waals surface area (Å²) < 4.78 is 0.880. The SMILES string of the molecule is Cc1nc(Sc2ccc(Br)cc2C=O)n[nH]1. The van der Waals surface area contributed by atoms with E-state index in [1.54, 1.807) is 6.07 Å². The van der Waals surface area contributed by atoms with Crippen molar-refractivity contribution < 1.29 is 4.79 Å². The number of benzene rings is 1. The molecule has 1 aromatic carbocycles.